The lowest BCUT2D eigenvalue weighted by Gasteiger charge is -2.13. The average Bonchev–Trinajstić information content (AvgIpc) is 3.08. The number of fused-ring (bicyclic) bond motifs is 1. The first-order chi connectivity index (χ1) is 14.0. The van der Waals surface area contributed by atoms with Gasteiger partial charge in [0.2, 0.25) is 5.91 Å². The zero-order valence-corrected chi connectivity index (χ0v) is 16.4. The number of hydrogen-bond acceptors (Lipinski definition) is 4. The molecule has 1 saturated heterocycles. The van der Waals surface area contributed by atoms with Crippen LogP contribution >= 0.6 is 12.4 Å². The fraction of sp³-hybridized carbons (Fsp3) is 0.389. The van der Waals surface area contributed by atoms with Gasteiger partial charge in [0.1, 0.15) is 6.33 Å². The molecule has 6 nitrogen and oxygen atoms in total. The summed E-state index contributed by atoms with van der Waals surface area (Å²) in [7, 11) is 0. The molecule has 1 aromatic carbocycles. The van der Waals surface area contributed by atoms with Crippen molar-refractivity contribution in [2.75, 3.05) is 13.1 Å². The summed E-state index contributed by atoms with van der Waals surface area (Å²) in [5.41, 5.74) is -3.35. The summed E-state index contributed by atoms with van der Waals surface area (Å²) < 4.78 is 79.0. The quantitative estimate of drug-likeness (QED) is 0.535. The molecule has 168 valence electrons. The number of rotatable bonds is 4. The molecule has 2 atom stereocenters. The fourth-order valence-corrected chi connectivity index (χ4v) is 3.55. The van der Waals surface area contributed by atoms with Gasteiger partial charge in [0.05, 0.1) is 11.1 Å². The van der Waals surface area contributed by atoms with Crippen molar-refractivity contribution in [3.8, 4) is 11.4 Å². The first-order valence-corrected chi connectivity index (χ1v) is 8.93. The van der Waals surface area contributed by atoms with E-state index >= 15 is 0 Å². The van der Waals surface area contributed by atoms with Gasteiger partial charge in [-0.15, -0.1) is 17.5 Å². The van der Waals surface area contributed by atoms with Gasteiger partial charge in [-0.2, -0.15) is 26.3 Å². The maximum absolute atomic E-state index is 13.0. The second kappa shape index (κ2) is 8.15. The normalized spacial score (nSPS) is 22.8. The van der Waals surface area contributed by atoms with Crippen LogP contribution in [0.3, 0.4) is 0 Å². The second-order valence-corrected chi connectivity index (χ2v) is 7.18. The lowest BCUT2D eigenvalue weighted by Crippen LogP contribution is -2.31. The van der Waals surface area contributed by atoms with E-state index < -0.39 is 29.0 Å². The predicted molar refractivity (Wildman–Crippen MR) is 99.8 cm³/mol. The molecule has 1 amide bonds. The van der Waals surface area contributed by atoms with Crippen LogP contribution in [0.5, 0.6) is 0 Å². The molecule has 1 aliphatic carbocycles. The van der Waals surface area contributed by atoms with Gasteiger partial charge in [0.25, 0.3) is 0 Å². The van der Waals surface area contributed by atoms with Crippen molar-refractivity contribution in [2.24, 2.45) is 11.8 Å². The Bertz CT molecular complexity index is 960. The average molecular weight is 468 g/mol. The number of piperidine rings is 1. The molecule has 1 saturated carbocycles. The molecule has 2 aromatic rings. The third-order valence-electron chi connectivity index (χ3n) is 5.13. The van der Waals surface area contributed by atoms with Gasteiger partial charge in [-0.05, 0) is 30.0 Å². The molecule has 2 heterocycles. The van der Waals surface area contributed by atoms with Crippen LogP contribution in [0.25, 0.3) is 17.6 Å². The van der Waals surface area contributed by atoms with Crippen molar-refractivity contribution in [1.82, 2.24) is 25.4 Å². The van der Waals surface area contributed by atoms with Gasteiger partial charge >= 0.3 is 12.4 Å². The van der Waals surface area contributed by atoms with Gasteiger partial charge in [0, 0.05) is 37.0 Å². The number of aromatic nitrogens is 3. The molecular weight excluding hydrogens is 452 g/mol. The molecule has 31 heavy (non-hydrogen) atoms. The van der Waals surface area contributed by atoms with Crippen LogP contribution in [0.2, 0.25) is 0 Å². The highest BCUT2D eigenvalue weighted by Gasteiger charge is 2.53. The molecule has 13 heteroatoms. The zero-order chi connectivity index (χ0) is 21.7. The highest BCUT2D eigenvalue weighted by Crippen LogP contribution is 2.41. The third kappa shape index (κ3) is 5.01. The molecule has 0 bridgehead atoms. The van der Waals surface area contributed by atoms with Crippen LogP contribution in [0.4, 0.5) is 26.3 Å². The van der Waals surface area contributed by atoms with E-state index in [1.54, 1.807) is 0 Å². The van der Waals surface area contributed by atoms with Crippen LogP contribution in [-0.4, -0.2) is 39.8 Å². The van der Waals surface area contributed by atoms with Crippen LogP contribution in [-0.2, 0) is 17.1 Å². The number of nitrogens with zero attached hydrogens (tertiary/aromatic N) is 3. The van der Waals surface area contributed by atoms with E-state index in [1.807, 2.05) is 0 Å². The van der Waals surface area contributed by atoms with Crippen LogP contribution < -0.4 is 10.6 Å². The summed E-state index contributed by atoms with van der Waals surface area (Å²) in [6, 6.07) is 1.24. The van der Waals surface area contributed by atoms with Gasteiger partial charge in [-0.25, -0.2) is 9.67 Å². The Labute approximate surface area is 178 Å². The summed E-state index contributed by atoms with van der Waals surface area (Å²) >= 11 is 0. The highest BCUT2D eigenvalue weighted by molar-refractivity contribution is 5.90. The van der Waals surface area contributed by atoms with Gasteiger partial charge < -0.3 is 10.6 Å². The predicted octanol–water partition coefficient (Wildman–Crippen LogP) is 3.21. The molecular formula is C18H16ClF6N5O. The number of alkyl halides is 6. The third-order valence-corrected chi connectivity index (χ3v) is 5.13. The first kappa shape index (κ1) is 23.1. The maximum Gasteiger partial charge on any atom is 0.416 e. The van der Waals surface area contributed by atoms with Gasteiger partial charge in [-0.3, -0.25) is 4.79 Å². The van der Waals surface area contributed by atoms with Crippen molar-refractivity contribution >= 4 is 24.5 Å². The number of nitrogens with one attached hydrogen (secondary N) is 2. The molecule has 2 unspecified atom stereocenters. The Morgan fingerprint density at radius 1 is 1.06 bits per heavy atom. The van der Waals surface area contributed by atoms with Crippen LogP contribution in [0, 0.1) is 11.8 Å². The zero-order valence-electron chi connectivity index (χ0n) is 15.5. The number of carbonyl (C=O) groups excluding carboxylic acids is 1. The number of carbonyl (C=O) groups is 1. The number of halogens is 7. The van der Waals surface area contributed by atoms with Crippen molar-refractivity contribution in [1.29, 1.82) is 0 Å². The summed E-state index contributed by atoms with van der Waals surface area (Å²) in [5, 5.41) is 9.88. The lowest BCUT2D eigenvalue weighted by atomic mass is 10.0. The van der Waals surface area contributed by atoms with E-state index in [1.165, 1.54) is 12.3 Å². The minimum Gasteiger partial charge on any atom is -0.349 e. The van der Waals surface area contributed by atoms with Crippen molar-refractivity contribution in [3.63, 3.8) is 0 Å². The van der Waals surface area contributed by atoms with Crippen molar-refractivity contribution < 1.29 is 31.1 Å². The SMILES string of the molecule is Cl.O=C(C=Cn1cnc(-c2cc(C(F)(F)F)cc(C(F)(F)F)c2)n1)NC1C2CNCC21. The second-order valence-electron chi connectivity index (χ2n) is 7.18. The molecule has 2 aliphatic rings. The minimum atomic E-state index is -4.97. The van der Waals surface area contributed by atoms with Gasteiger partial charge in [-0.1, -0.05) is 0 Å². The molecule has 4 rings (SSSR count). The van der Waals surface area contributed by atoms with Gasteiger partial charge in [0.15, 0.2) is 5.82 Å². The molecule has 1 aliphatic heterocycles. The largest absolute Gasteiger partial charge is 0.416 e. The smallest absolute Gasteiger partial charge is 0.349 e. The van der Waals surface area contributed by atoms with Crippen molar-refractivity contribution in [2.45, 2.75) is 18.4 Å². The summed E-state index contributed by atoms with van der Waals surface area (Å²) in [4.78, 5) is 15.7. The van der Waals surface area contributed by atoms with Crippen LogP contribution in [0.15, 0.2) is 30.6 Å². The summed E-state index contributed by atoms with van der Waals surface area (Å²) in [6.07, 6.45) is -6.45. The van der Waals surface area contributed by atoms with E-state index in [-0.39, 0.29) is 36.2 Å². The Morgan fingerprint density at radius 2 is 1.65 bits per heavy atom. The Morgan fingerprint density at radius 3 is 2.19 bits per heavy atom. The topological polar surface area (TPSA) is 71.8 Å². The fourth-order valence-electron chi connectivity index (χ4n) is 3.55. The molecule has 2 N–H and O–H groups in total. The molecule has 0 spiro atoms. The van der Waals surface area contributed by atoms with E-state index in [4.69, 9.17) is 0 Å². The van der Waals surface area contributed by atoms with E-state index in [0.29, 0.717) is 24.0 Å². The Hall–Kier alpha value is -2.60. The Balaban J connectivity index is 0.00000272. The molecule has 1 aromatic heterocycles. The number of amides is 1. The van der Waals surface area contributed by atoms with E-state index in [9.17, 15) is 31.1 Å². The van der Waals surface area contributed by atoms with E-state index in [0.717, 1.165) is 24.1 Å². The number of hydrogen-bond donors (Lipinski definition) is 2. The summed E-state index contributed by atoms with van der Waals surface area (Å²) in [5.74, 6) is 0.137. The van der Waals surface area contributed by atoms with Crippen LogP contribution in [0.1, 0.15) is 11.1 Å². The minimum absolute atomic E-state index is 0. The highest BCUT2D eigenvalue weighted by atomic mass is 35.5. The standard InChI is InChI=1S/C18H15F6N5O.ClH/c19-17(20,21)10-3-9(4-11(5-10)18(22,23)24)16-26-8-29(28-16)2-1-14(30)27-15-12-6-25-7-13(12)15;/h1-5,8,12-13,15,25H,6-7H2,(H,27,30);1H. The maximum atomic E-state index is 13.0. The number of benzene rings is 1. The first-order valence-electron chi connectivity index (χ1n) is 8.93. The monoisotopic (exact) mass is 467 g/mol. The lowest BCUT2D eigenvalue weighted by molar-refractivity contribution is -0.143. The van der Waals surface area contributed by atoms with Crippen molar-refractivity contribution in [3.05, 3.63) is 41.7 Å². The molecule has 2 fully saturated rings. The van der Waals surface area contributed by atoms with E-state index in [2.05, 4.69) is 20.7 Å². The molecule has 0 radical (unpaired) electrons. The Kier molecular flexibility index (Phi) is 6.07. The summed E-state index contributed by atoms with van der Waals surface area (Å²) in [6.45, 7) is 1.70.